The molecule has 20 heavy (non-hydrogen) atoms. The average molecular weight is 302 g/mol. The van der Waals surface area contributed by atoms with Gasteiger partial charge in [0.15, 0.2) is 0 Å². The molecule has 0 aromatic rings. The molecule has 0 aliphatic rings. The van der Waals surface area contributed by atoms with Gasteiger partial charge in [0.05, 0.1) is 0 Å². The Kier molecular flexibility index (Phi) is 10.7. The van der Waals surface area contributed by atoms with Crippen LogP contribution in [0.4, 0.5) is 0 Å². The Bertz CT molecular complexity index is 280. The van der Waals surface area contributed by atoms with E-state index in [1.165, 1.54) is 31.8 Å². The number of amides is 1. The zero-order valence-corrected chi connectivity index (χ0v) is 14.5. The van der Waals surface area contributed by atoms with Crippen molar-refractivity contribution >= 4 is 14.5 Å². The summed E-state index contributed by atoms with van der Waals surface area (Å²) in [7, 11) is 1.63. The molecule has 1 N–H and O–H groups in total. The highest BCUT2D eigenvalue weighted by molar-refractivity contribution is 6.65. The lowest BCUT2D eigenvalue weighted by atomic mass is 10.1. The van der Waals surface area contributed by atoms with Crippen molar-refractivity contribution in [3.05, 3.63) is 12.7 Å². The van der Waals surface area contributed by atoms with E-state index < -0.39 is 8.56 Å². The van der Waals surface area contributed by atoms with E-state index in [-0.39, 0.29) is 11.9 Å². The molecule has 0 fully saturated rings. The largest absolute Gasteiger partial charge is 0.398 e. The van der Waals surface area contributed by atoms with Gasteiger partial charge < -0.3 is 14.2 Å². The van der Waals surface area contributed by atoms with Crippen molar-refractivity contribution in [2.24, 2.45) is 0 Å². The number of hydrogen-bond acceptors (Lipinski definition) is 3. The third-order valence-electron chi connectivity index (χ3n) is 3.71. The van der Waals surface area contributed by atoms with Crippen molar-refractivity contribution in [1.82, 2.24) is 5.32 Å². The average Bonchev–Trinajstić information content (AvgIpc) is 2.45. The van der Waals surface area contributed by atoms with Crippen molar-refractivity contribution in [2.75, 3.05) is 14.2 Å². The number of hydrogen-bond donors (Lipinski definition) is 1. The smallest absolute Gasteiger partial charge is 0.334 e. The topological polar surface area (TPSA) is 47.6 Å². The zero-order valence-electron chi connectivity index (χ0n) is 13.5. The molecule has 0 rings (SSSR count). The normalized spacial score (nSPS) is 13.0. The molecule has 0 aromatic carbocycles. The molecular formula is C15H31NO3Si. The van der Waals surface area contributed by atoms with Gasteiger partial charge in [-0.2, -0.15) is 0 Å². The fraction of sp³-hybridized carbons (Fsp3) is 0.800. The summed E-state index contributed by atoms with van der Waals surface area (Å²) < 4.78 is 10.9. The first-order chi connectivity index (χ1) is 9.47. The fourth-order valence-corrected chi connectivity index (χ4v) is 3.56. The van der Waals surface area contributed by atoms with E-state index in [2.05, 4.69) is 18.4 Å². The van der Waals surface area contributed by atoms with Crippen LogP contribution in [0.15, 0.2) is 12.7 Å². The van der Waals surface area contributed by atoms with Gasteiger partial charge in [-0.3, -0.25) is 4.79 Å². The summed E-state index contributed by atoms with van der Waals surface area (Å²) in [6.07, 6.45) is 8.36. The van der Waals surface area contributed by atoms with Gasteiger partial charge in [0, 0.05) is 20.3 Å². The molecule has 0 radical (unpaired) electrons. The van der Waals surface area contributed by atoms with E-state index in [1.807, 2.05) is 6.92 Å². The molecule has 4 nitrogen and oxygen atoms in total. The Morgan fingerprint density at radius 1 is 1.20 bits per heavy atom. The SMILES string of the molecule is C=CC(=O)NC(C)CCCCCCC[Si](C)(OC)OC. The lowest BCUT2D eigenvalue weighted by Gasteiger charge is -2.22. The number of rotatable bonds is 12. The highest BCUT2D eigenvalue weighted by Crippen LogP contribution is 2.17. The lowest BCUT2D eigenvalue weighted by molar-refractivity contribution is -0.117. The standard InChI is InChI=1S/C15H31NO3Si/c1-6-15(17)16-14(2)12-10-8-7-9-11-13-20(5,18-3)19-4/h6,14H,1,7-13H2,2-5H3,(H,16,17). The van der Waals surface area contributed by atoms with Gasteiger partial charge in [-0.1, -0.05) is 38.7 Å². The minimum atomic E-state index is -1.86. The van der Waals surface area contributed by atoms with Crippen LogP contribution in [0.2, 0.25) is 12.6 Å². The molecule has 0 heterocycles. The summed E-state index contributed by atoms with van der Waals surface area (Å²) in [6, 6.07) is 1.30. The third-order valence-corrected chi connectivity index (χ3v) is 6.69. The molecule has 1 unspecified atom stereocenters. The molecule has 0 saturated carbocycles. The van der Waals surface area contributed by atoms with Gasteiger partial charge in [-0.25, -0.2) is 0 Å². The van der Waals surface area contributed by atoms with Crippen LogP contribution in [0, 0.1) is 0 Å². The molecular weight excluding hydrogens is 270 g/mol. The molecule has 0 aliphatic carbocycles. The number of carbonyl (C=O) groups excluding carboxylic acids is 1. The Labute approximate surface area is 125 Å². The minimum absolute atomic E-state index is 0.0825. The van der Waals surface area contributed by atoms with Gasteiger partial charge in [0.2, 0.25) is 5.91 Å². The molecule has 0 spiro atoms. The first-order valence-corrected chi connectivity index (χ1v) is 10.0. The van der Waals surface area contributed by atoms with E-state index in [0.29, 0.717) is 0 Å². The number of unbranched alkanes of at least 4 members (excludes halogenated alkanes) is 4. The van der Waals surface area contributed by atoms with Crippen LogP contribution in [0.3, 0.4) is 0 Å². The monoisotopic (exact) mass is 301 g/mol. The van der Waals surface area contributed by atoms with E-state index in [0.717, 1.165) is 18.9 Å². The molecule has 0 bridgehead atoms. The van der Waals surface area contributed by atoms with E-state index in [1.54, 1.807) is 14.2 Å². The summed E-state index contributed by atoms with van der Waals surface area (Å²) in [5, 5.41) is 2.88. The summed E-state index contributed by atoms with van der Waals surface area (Å²) in [5.74, 6) is -0.0825. The van der Waals surface area contributed by atoms with Gasteiger partial charge in [0.1, 0.15) is 0 Å². The van der Waals surface area contributed by atoms with Crippen LogP contribution >= 0.6 is 0 Å². The molecule has 0 saturated heterocycles. The van der Waals surface area contributed by atoms with Crippen molar-refractivity contribution in [1.29, 1.82) is 0 Å². The maximum atomic E-state index is 11.1. The van der Waals surface area contributed by atoms with Crippen LogP contribution in [-0.2, 0) is 13.6 Å². The van der Waals surface area contributed by atoms with Crippen LogP contribution in [0.5, 0.6) is 0 Å². The van der Waals surface area contributed by atoms with Crippen molar-refractivity contribution < 1.29 is 13.6 Å². The quantitative estimate of drug-likeness (QED) is 0.341. The predicted molar refractivity (Wildman–Crippen MR) is 85.9 cm³/mol. The van der Waals surface area contributed by atoms with E-state index in [9.17, 15) is 4.79 Å². The molecule has 1 amide bonds. The Morgan fingerprint density at radius 3 is 2.30 bits per heavy atom. The molecule has 5 heteroatoms. The molecule has 1 atom stereocenters. The van der Waals surface area contributed by atoms with E-state index >= 15 is 0 Å². The van der Waals surface area contributed by atoms with Crippen LogP contribution < -0.4 is 5.32 Å². The van der Waals surface area contributed by atoms with Crippen LogP contribution in [0.1, 0.15) is 45.4 Å². The summed E-state index contributed by atoms with van der Waals surface area (Å²) in [6.45, 7) is 7.59. The summed E-state index contributed by atoms with van der Waals surface area (Å²) in [5.41, 5.74) is 0. The molecule has 118 valence electrons. The van der Waals surface area contributed by atoms with Crippen molar-refractivity contribution in [3.63, 3.8) is 0 Å². The summed E-state index contributed by atoms with van der Waals surface area (Å²) >= 11 is 0. The highest BCUT2D eigenvalue weighted by Gasteiger charge is 2.27. The molecule has 0 aromatic heterocycles. The predicted octanol–water partition coefficient (Wildman–Crippen LogP) is 3.38. The van der Waals surface area contributed by atoms with Crippen molar-refractivity contribution in [3.8, 4) is 0 Å². The third kappa shape index (κ3) is 9.28. The maximum absolute atomic E-state index is 11.1. The van der Waals surface area contributed by atoms with Crippen molar-refractivity contribution in [2.45, 2.75) is 64.1 Å². The maximum Gasteiger partial charge on any atom is 0.334 e. The van der Waals surface area contributed by atoms with Gasteiger partial charge in [-0.05, 0) is 32.0 Å². The Morgan fingerprint density at radius 2 is 1.75 bits per heavy atom. The van der Waals surface area contributed by atoms with Gasteiger partial charge >= 0.3 is 8.56 Å². The van der Waals surface area contributed by atoms with Gasteiger partial charge in [0.25, 0.3) is 0 Å². The molecule has 0 aliphatic heterocycles. The summed E-state index contributed by atoms with van der Waals surface area (Å²) in [4.78, 5) is 11.1. The second-order valence-electron chi connectivity index (χ2n) is 5.46. The lowest BCUT2D eigenvalue weighted by Crippen LogP contribution is -2.35. The first kappa shape index (κ1) is 19.3. The Hall–Kier alpha value is -0.653. The van der Waals surface area contributed by atoms with Crippen LogP contribution in [-0.4, -0.2) is 34.7 Å². The zero-order chi connectivity index (χ0) is 15.4. The Balaban J connectivity index is 3.49. The fourth-order valence-electron chi connectivity index (χ4n) is 2.09. The van der Waals surface area contributed by atoms with Gasteiger partial charge in [-0.15, -0.1) is 0 Å². The van der Waals surface area contributed by atoms with Crippen LogP contribution in [0.25, 0.3) is 0 Å². The number of nitrogens with one attached hydrogen (secondary N) is 1. The van der Waals surface area contributed by atoms with E-state index in [4.69, 9.17) is 8.85 Å². The second-order valence-corrected chi connectivity index (χ2v) is 9.05. The number of carbonyl (C=O) groups is 1. The highest BCUT2D eigenvalue weighted by atomic mass is 28.4. The minimum Gasteiger partial charge on any atom is -0.398 e. The first-order valence-electron chi connectivity index (χ1n) is 7.50. The second kappa shape index (κ2) is 11.1.